The predicted molar refractivity (Wildman–Crippen MR) is 81.2 cm³/mol. The third-order valence-electron chi connectivity index (χ3n) is 3.46. The molecule has 0 spiro atoms. The summed E-state index contributed by atoms with van der Waals surface area (Å²) in [6.45, 7) is 3.96. The van der Waals surface area contributed by atoms with E-state index in [1.807, 2.05) is 13.8 Å². The van der Waals surface area contributed by atoms with Crippen LogP contribution in [-0.2, 0) is 0 Å². The highest BCUT2D eigenvalue weighted by Crippen LogP contribution is 2.23. The predicted octanol–water partition coefficient (Wildman–Crippen LogP) is 1.11. The number of hydrogen-bond donors (Lipinski definition) is 4. The first-order valence-electron chi connectivity index (χ1n) is 7.33. The smallest absolute Gasteiger partial charge is 0.254 e. The first-order chi connectivity index (χ1) is 9.95. The Bertz CT molecular complexity index is 506. The van der Waals surface area contributed by atoms with Crippen LogP contribution in [0.1, 0.15) is 49.9 Å². The standard InChI is InChI=1S/C14H23N5O2/c1-8(2)17-14-16-7-11(12(15)21)13(19-14)18-9-4-3-5-10(20)6-9/h7-10,20H,3-6H2,1-2H3,(H2,15,21)(H2,16,17,18,19). The number of aliphatic hydroxyl groups excluding tert-OH is 1. The van der Waals surface area contributed by atoms with Crippen LogP contribution in [0.15, 0.2) is 6.20 Å². The first kappa shape index (κ1) is 15.5. The van der Waals surface area contributed by atoms with Crippen molar-refractivity contribution in [3.05, 3.63) is 11.8 Å². The number of carbonyl (C=O) groups is 1. The molecule has 0 radical (unpaired) electrons. The van der Waals surface area contributed by atoms with Crippen molar-refractivity contribution < 1.29 is 9.90 Å². The number of anilines is 2. The van der Waals surface area contributed by atoms with Gasteiger partial charge >= 0.3 is 0 Å². The van der Waals surface area contributed by atoms with Crippen LogP contribution in [0.2, 0.25) is 0 Å². The molecule has 5 N–H and O–H groups in total. The van der Waals surface area contributed by atoms with E-state index in [4.69, 9.17) is 5.73 Å². The van der Waals surface area contributed by atoms with Gasteiger partial charge in [0.25, 0.3) is 5.91 Å². The molecule has 0 bridgehead atoms. The topological polar surface area (TPSA) is 113 Å². The molecule has 2 rings (SSSR count). The zero-order chi connectivity index (χ0) is 15.4. The van der Waals surface area contributed by atoms with Crippen LogP contribution in [0.3, 0.4) is 0 Å². The van der Waals surface area contributed by atoms with Crippen molar-refractivity contribution in [2.24, 2.45) is 5.73 Å². The van der Waals surface area contributed by atoms with Crippen molar-refractivity contribution >= 4 is 17.7 Å². The van der Waals surface area contributed by atoms with E-state index in [-0.39, 0.29) is 23.8 Å². The van der Waals surface area contributed by atoms with Crippen molar-refractivity contribution in [2.45, 2.75) is 57.7 Å². The van der Waals surface area contributed by atoms with Crippen LogP contribution in [0, 0.1) is 0 Å². The van der Waals surface area contributed by atoms with Gasteiger partial charge in [-0.1, -0.05) is 0 Å². The fourth-order valence-electron chi connectivity index (χ4n) is 2.49. The molecule has 2 unspecified atom stereocenters. The van der Waals surface area contributed by atoms with Gasteiger partial charge in [-0.05, 0) is 39.5 Å². The van der Waals surface area contributed by atoms with E-state index in [0.717, 1.165) is 19.3 Å². The van der Waals surface area contributed by atoms with E-state index in [2.05, 4.69) is 20.6 Å². The Morgan fingerprint density at radius 2 is 2.24 bits per heavy atom. The molecule has 0 saturated heterocycles. The Labute approximate surface area is 124 Å². The van der Waals surface area contributed by atoms with E-state index in [1.54, 1.807) is 0 Å². The van der Waals surface area contributed by atoms with E-state index in [9.17, 15) is 9.90 Å². The number of amides is 1. The molecular formula is C14H23N5O2. The van der Waals surface area contributed by atoms with Crippen LogP contribution in [0.25, 0.3) is 0 Å². The Morgan fingerprint density at radius 3 is 2.86 bits per heavy atom. The average molecular weight is 293 g/mol. The highest BCUT2D eigenvalue weighted by Gasteiger charge is 2.22. The minimum atomic E-state index is -0.565. The quantitative estimate of drug-likeness (QED) is 0.647. The molecule has 1 aromatic rings. The fourth-order valence-corrected chi connectivity index (χ4v) is 2.49. The number of carbonyl (C=O) groups excluding carboxylic acids is 1. The van der Waals surface area contributed by atoms with Crippen LogP contribution < -0.4 is 16.4 Å². The van der Waals surface area contributed by atoms with E-state index >= 15 is 0 Å². The SMILES string of the molecule is CC(C)Nc1ncc(C(N)=O)c(NC2CCCC(O)C2)n1. The minimum Gasteiger partial charge on any atom is -0.393 e. The van der Waals surface area contributed by atoms with Crippen molar-refractivity contribution in [2.75, 3.05) is 10.6 Å². The molecule has 0 aliphatic heterocycles. The Morgan fingerprint density at radius 1 is 1.48 bits per heavy atom. The fraction of sp³-hybridized carbons (Fsp3) is 0.643. The van der Waals surface area contributed by atoms with Crippen LogP contribution in [-0.4, -0.2) is 39.2 Å². The molecule has 21 heavy (non-hydrogen) atoms. The van der Waals surface area contributed by atoms with Crippen LogP contribution >= 0.6 is 0 Å². The second kappa shape index (κ2) is 6.71. The summed E-state index contributed by atoms with van der Waals surface area (Å²) in [4.78, 5) is 19.9. The van der Waals surface area contributed by atoms with Crippen LogP contribution in [0.5, 0.6) is 0 Å². The number of aromatic nitrogens is 2. The summed E-state index contributed by atoms with van der Waals surface area (Å²) in [5, 5.41) is 16.0. The molecule has 7 heteroatoms. The lowest BCUT2D eigenvalue weighted by Crippen LogP contribution is -2.31. The van der Waals surface area contributed by atoms with E-state index < -0.39 is 5.91 Å². The number of aliphatic hydroxyl groups is 1. The molecule has 7 nitrogen and oxygen atoms in total. The minimum absolute atomic E-state index is 0.0913. The maximum Gasteiger partial charge on any atom is 0.254 e. The lowest BCUT2D eigenvalue weighted by atomic mass is 9.93. The zero-order valence-electron chi connectivity index (χ0n) is 12.5. The summed E-state index contributed by atoms with van der Waals surface area (Å²) in [5.41, 5.74) is 5.64. The molecule has 1 saturated carbocycles. The zero-order valence-corrected chi connectivity index (χ0v) is 12.5. The number of nitrogens with zero attached hydrogens (tertiary/aromatic N) is 2. The number of nitrogens with one attached hydrogen (secondary N) is 2. The average Bonchev–Trinajstić information content (AvgIpc) is 2.37. The molecule has 0 aromatic carbocycles. The second-order valence-corrected chi connectivity index (χ2v) is 5.78. The van der Waals surface area contributed by atoms with Gasteiger partial charge in [-0.2, -0.15) is 4.98 Å². The van der Waals surface area contributed by atoms with E-state index in [1.165, 1.54) is 6.20 Å². The molecule has 116 valence electrons. The third-order valence-corrected chi connectivity index (χ3v) is 3.46. The lowest BCUT2D eigenvalue weighted by Gasteiger charge is -2.27. The van der Waals surface area contributed by atoms with Gasteiger partial charge in [0.2, 0.25) is 5.95 Å². The van der Waals surface area contributed by atoms with Crippen LogP contribution in [0.4, 0.5) is 11.8 Å². The van der Waals surface area contributed by atoms with Gasteiger partial charge < -0.3 is 21.5 Å². The summed E-state index contributed by atoms with van der Waals surface area (Å²) >= 11 is 0. The van der Waals surface area contributed by atoms with Gasteiger partial charge in [0.05, 0.1) is 11.7 Å². The van der Waals surface area contributed by atoms with Gasteiger partial charge in [-0.15, -0.1) is 0 Å². The molecule has 1 aliphatic rings. The highest BCUT2D eigenvalue weighted by molar-refractivity contribution is 5.97. The largest absolute Gasteiger partial charge is 0.393 e. The summed E-state index contributed by atoms with van der Waals surface area (Å²) in [5.74, 6) is 0.318. The molecule has 1 heterocycles. The number of primary amides is 1. The molecule has 1 amide bonds. The Balaban J connectivity index is 2.19. The maximum absolute atomic E-state index is 11.5. The summed E-state index contributed by atoms with van der Waals surface area (Å²) in [6, 6.07) is 0.280. The van der Waals surface area contributed by atoms with Crippen molar-refractivity contribution in [3.63, 3.8) is 0 Å². The Kier molecular flexibility index (Phi) is 4.95. The van der Waals surface area contributed by atoms with E-state index in [0.29, 0.717) is 18.2 Å². The van der Waals surface area contributed by atoms with Crippen molar-refractivity contribution in [3.8, 4) is 0 Å². The van der Waals surface area contributed by atoms with Crippen molar-refractivity contribution in [1.29, 1.82) is 0 Å². The van der Waals surface area contributed by atoms with Gasteiger partial charge in [0, 0.05) is 18.3 Å². The van der Waals surface area contributed by atoms with Gasteiger partial charge in [-0.25, -0.2) is 4.98 Å². The Hall–Kier alpha value is -1.89. The monoisotopic (exact) mass is 293 g/mol. The molecule has 1 aliphatic carbocycles. The summed E-state index contributed by atoms with van der Waals surface area (Å²) in [6.07, 6.45) is 4.49. The molecule has 2 atom stereocenters. The van der Waals surface area contributed by atoms with Gasteiger partial charge in [0.15, 0.2) is 0 Å². The molecule has 1 fully saturated rings. The molecule has 1 aromatic heterocycles. The van der Waals surface area contributed by atoms with Gasteiger partial charge in [0.1, 0.15) is 5.82 Å². The molecular weight excluding hydrogens is 270 g/mol. The maximum atomic E-state index is 11.5. The third kappa shape index (κ3) is 4.29. The number of hydrogen-bond acceptors (Lipinski definition) is 6. The summed E-state index contributed by atoms with van der Waals surface area (Å²) < 4.78 is 0. The lowest BCUT2D eigenvalue weighted by molar-refractivity contribution is 0.100. The highest BCUT2D eigenvalue weighted by atomic mass is 16.3. The van der Waals surface area contributed by atoms with Crippen molar-refractivity contribution in [1.82, 2.24) is 9.97 Å². The normalized spacial score (nSPS) is 22.1. The van der Waals surface area contributed by atoms with Gasteiger partial charge in [-0.3, -0.25) is 4.79 Å². The summed E-state index contributed by atoms with van der Waals surface area (Å²) in [7, 11) is 0. The number of nitrogens with two attached hydrogens (primary N) is 1. The number of rotatable bonds is 5. The second-order valence-electron chi connectivity index (χ2n) is 5.78. The first-order valence-corrected chi connectivity index (χ1v) is 7.33.